The maximum absolute atomic E-state index is 15.0. The third kappa shape index (κ3) is 3.98. The average molecular weight is 444 g/mol. The molecule has 0 aliphatic carbocycles. The summed E-state index contributed by atoms with van der Waals surface area (Å²) in [7, 11) is 1.48. The van der Waals surface area contributed by atoms with Crippen molar-refractivity contribution < 1.29 is 18.7 Å². The summed E-state index contributed by atoms with van der Waals surface area (Å²) in [6.45, 7) is 17.9. The molecule has 2 aromatic rings. The number of rotatable bonds is 6. The standard InChI is InChI=1S/C28H37FN2O/c1-16(2)31(10)15-17(3)14-28(23-11-12-25(29)20(6)19(23)5)24-13-18(4)27(30-9)21(7)26(24)22(8)32-28/h11-13,16-17,22H,14-15H2,1-8,10H3/t17?,22?,28-/m0/s1/i11D,12D,14D2,15D2,17D. The Balaban J connectivity index is 2.63. The van der Waals surface area contributed by atoms with Crippen LogP contribution in [-0.4, -0.2) is 24.5 Å². The van der Waals surface area contributed by atoms with Gasteiger partial charge >= 0.3 is 0 Å². The minimum Gasteiger partial charge on any atom is -0.358 e. The van der Waals surface area contributed by atoms with E-state index >= 15 is 0 Å². The molecule has 3 nitrogen and oxygen atoms in total. The molecular formula is C28H37FN2O. The van der Waals surface area contributed by atoms with Crippen LogP contribution in [-0.2, 0) is 10.3 Å². The average Bonchev–Trinajstić information content (AvgIpc) is 3.13. The van der Waals surface area contributed by atoms with Crippen LogP contribution in [0.4, 0.5) is 10.1 Å². The van der Waals surface area contributed by atoms with E-state index in [1.54, 1.807) is 40.7 Å². The van der Waals surface area contributed by atoms with Crippen molar-refractivity contribution in [2.24, 2.45) is 5.89 Å². The lowest BCUT2D eigenvalue weighted by Gasteiger charge is -2.37. The molecule has 0 saturated heterocycles. The number of hydrogen-bond donors (Lipinski definition) is 0. The van der Waals surface area contributed by atoms with Gasteiger partial charge in [-0.3, -0.25) is 0 Å². The Hall–Kier alpha value is -2.22. The topological polar surface area (TPSA) is 16.8 Å². The summed E-state index contributed by atoms with van der Waals surface area (Å²) in [5, 5.41) is 0. The predicted molar refractivity (Wildman–Crippen MR) is 130 cm³/mol. The zero-order valence-electron chi connectivity index (χ0n) is 27.4. The molecule has 0 bridgehead atoms. The van der Waals surface area contributed by atoms with Gasteiger partial charge < -0.3 is 9.64 Å². The first-order valence-corrected chi connectivity index (χ1v) is 10.9. The summed E-state index contributed by atoms with van der Waals surface area (Å²) in [6, 6.07) is -0.0826. The largest absolute Gasteiger partial charge is 0.358 e. The number of hydrogen-bond acceptors (Lipinski definition) is 2. The highest BCUT2D eigenvalue weighted by atomic mass is 19.1. The quantitative estimate of drug-likeness (QED) is 0.435. The number of benzene rings is 2. The summed E-state index contributed by atoms with van der Waals surface area (Å²) < 4.78 is 85.3. The van der Waals surface area contributed by atoms with Crippen molar-refractivity contribution in [3.8, 4) is 0 Å². The number of fused-ring (bicyclic) bond motifs is 1. The second-order valence-corrected chi connectivity index (χ2v) is 8.94. The normalized spacial score (nSPS) is 26.2. The molecule has 0 saturated carbocycles. The van der Waals surface area contributed by atoms with E-state index in [0.29, 0.717) is 22.4 Å². The Kier molecular flexibility index (Phi) is 4.59. The predicted octanol–water partition coefficient (Wildman–Crippen LogP) is 7.31. The van der Waals surface area contributed by atoms with E-state index in [4.69, 9.17) is 16.8 Å². The Morgan fingerprint density at radius 2 is 1.88 bits per heavy atom. The fourth-order valence-electron chi connectivity index (χ4n) is 4.41. The third-order valence-electron chi connectivity index (χ3n) is 6.43. The highest BCUT2D eigenvalue weighted by Gasteiger charge is 2.48. The van der Waals surface area contributed by atoms with Crippen LogP contribution in [0.2, 0.25) is 0 Å². The van der Waals surface area contributed by atoms with Crippen molar-refractivity contribution >= 4 is 5.69 Å². The molecule has 1 aliphatic heterocycles. The Morgan fingerprint density at radius 3 is 2.47 bits per heavy atom. The van der Waals surface area contributed by atoms with Crippen molar-refractivity contribution in [3.63, 3.8) is 0 Å². The van der Waals surface area contributed by atoms with Crippen LogP contribution in [0.5, 0.6) is 0 Å². The van der Waals surface area contributed by atoms with Gasteiger partial charge in [0.1, 0.15) is 11.4 Å². The molecule has 1 heterocycles. The van der Waals surface area contributed by atoms with Crippen molar-refractivity contribution in [1.82, 2.24) is 4.90 Å². The van der Waals surface area contributed by atoms with Crippen molar-refractivity contribution in [2.75, 3.05) is 13.5 Å². The van der Waals surface area contributed by atoms with E-state index in [-0.39, 0.29) is 28.3 Å². The van der Waals surface area contributed by atoms with Crippen molar-refractivity contribution in [1.29, 1.82) is 0 Å². The lowest BCUT2D eigenvalue weighted by molar-refractivity contribution is -0.0568. The monoisotopic (exact) mass is 443 g/mol. The van der Waals surface area contributed by atoms with Gasteiger partial charge in [0.2, 0.25) is 0 Å². The summed E-state index contributed by atoms with van der Waals surface area (Å²) >= 11 is 0. The van der Waals surface area contributed by atoms with Crippen molar-refractivity contribution in [2.45, 2.75) is 79.5 Å². The number of ether oxygens (including phenoxy) is 1. The van der Waals surface area contributed by atoms with E-state index in [2.05, 4.69) is 4.85 Å². The summed E-state index contributed by atoms with van der Waals surface area (Å²) in [6.07, 6.45) is -3.69. The van der Waals surface area contributed by atoms with Gasteiger partial charge in [0.15, 0.2) is 5.69 Å². The molecule has 0 fully saturated rings. The summed E-state index contributed by atoms with van der Waals surface area (Å²) in [5.41, 5.74) is 0.0927. The molecule has 32 heavy (non-hydrogen) atoms. The van der Waals surface area contributed by atoms with Crippen molar-refractivity contribution in [3.05, 3.63) is 74.3 Å². The van der Waals surface area contributed by atoms with Crippen LogP contribution in [0.3, 0.4) is 0 Å². The summed E-state index contributed by atoms with van der Waals surface area (Å²) in [4.78, 5) is 4.93. The zero-order valence-corrected chi connectivity index (χ0v) is 20.4. The van der Waals surface area contributed by atoms with Gasteiger partial charge in [-0.1, -0.05) is 19.0 Å². The van der Waals surface area contributed by atoms with Crippen LogP contribution >= 0.6 is 0 Å². The molecule has 172 valence electrons. The maximum atomic E-state index is 15.0. The highest BCUT2D eigenvalue weighted by molar-refractivity contribution is 5.66. The van der Waals surface area contributed by atoms with E-state index in [1.807, 2.05) is 0 Å². The first kappa shape index (κ1) is 16.4. The minimum absolute atomic E-state index is 0.0473. The molecule has 1 aliphatic rings. The number of halogens is 1. The van der Waals surface area contributed by atoms with E-state index in [0.717, 1.165) is 0 Å². The molecule has 0 radical (unpaired) electrons. The Morgan fingerprint density at radius 1 is 1.22 bits per heavy atom. The van der Waals surface area contributed by atoms with Gasteiger partial charge in [0.25, 0.3) is 0 Å². The molecule has 3 atom stereocenters. The molecule has 2 unspecified atom stereocenters. The molecular weight excluding hydrogens is 399 g/mol. The van der Waals surface area contributed by atoms with Crippen LogP contribution in [0, 0.1) is 46.0 Å². The van der Waals surface area contributed by atoms with Crippen LogP contribution in [0.25, 0.3) is 4.85 Å². The van der Waals surface area contributed by atoms with E-state index in [1.165, 1.54) is 32.7 Å². The smallest absolute Gasteiger partial charge is 0.193 e. The van der Waals surface area contributed by atoms with Gasteiger partial charge in [-0.05, 0) is 113 Å². The second kappa shape index (κ2) is 8.96. The molecule has 0 amide bonds. The number of nitrogens with zero attached hydrogens (tertiary/aromatic N) is 2. The van der Waals surface area contributed by atoms with E-state index < -0.39 is 48.4 Å². The van der Waals surface area contributed by atoms with Crippen LogP contribution in [0.15, 0.2) is 18.2 Å². The maximum Gasteiger partial charge on any atom is 0.193 e. The first-order chi connectivity index (χ1) is 17.7. The first-order valence-electron chi connectivity index (χ1n) is 14.4. The molecule has 3 rings (SSSR count). The van der Waals surface area contributed by atoms with E-state index in [9.17, 15) is 8.50 Å². The second-order valence-electron chi connectivity index (χ2n) is 8.94. The molecule has 0 N–H and O–H groups in total. The number of aryl methyl sites for hydroxylation is 1. The minimum atomic E-state index is -2.89. The molecule has 0 spiro atoms. The Bertz CT molecular complexity index is 1350. The fraction of sp³-hybridized carbons (Fsp3) is 0.536. The van der Waals surface area contributed by atoms with Gasteiger partial charge in [-0.25, -0.2) is 9.24 Å². The Labute approximate surface area is 203 Å². The van der Waals surface area contributed by atoms with Gasteiger partial charge in [-0.2, -0.15) is 0 Å². The molecule has 4 heteroatoms. The fourth-order valence-corrected chi connectivity index (χ4v) is 4.41. The van der Waals surface area contributed by atoms with Gasteiger partial charge in [0.05, 0.1) is 15.4 Å². The zero-order chi connectivity index (χ0) is 30.2. The lowest BCUT2D eigenvalue weighted by Crippen LogP contribution is -2.36. The molecule has 0 aromatic heterocycles. The molecule has 2 aromatic carbocycles. The third-order valence-corrected chi connectivity index (χ3v) is 6.43. The lowest BCUT2D eigenvalue weighted by atomic mass is 9.75. The van der Waals surface area contributed by atoms with Crippen LogP contribution in [0.1, 0.15) is 88.7 Å². The highest BCUT2D eigenvalue weighted by Crippen LogP contribution is 2.54. The van der Waals surface area contributed by atoms with Gasteiger partial charge in [0, 0.05) is 19.4 Å². The van der Waals surface area contributed by atoms with Crippen LogP contribution < -0.4 is 0 Å². The van der Waals surface area contributed by atoms with Gasteiger partial charge in [-0.15, -0.1) is 0 Å². The summed E-state index contributed by atoms with van der Waals surface area (Å²) in [5.74, 6) is -3.42. The SMILES string of the molecule is [2H]c1c([2H])c([C@]2(C([2H])([2H])C([2H])(C)C([2H])([2H])N(C)C(C)C)OC(C)c3c2cc(C)c([N+]#[C-])c3C)c(C)c(C)c1F.